The third kappa shape index (κ3) is 1.87. The zero-order chi connectivity index (χ0) is 11.4. The van der Waals surface area contributed by atoms with Crippen LogP contribution in [0.3, 0.4) is 0 Å². The molecule has 2 rings (SSSR count). The van der Waals surface area contributed by atoms with Crippen molar-refractivity contribution in [3.05, 3.63) is 48.5 Å². The second kappa shape index (κ2) is 4.71. The van der Waals surface area contributed by atoms with Crippen LogP contribution in [-0.4, -0.2) is 14.2 Å². The van der Waals surface area contributed by atoms with Crippen LogP contribution < -0.4 is 9.47 Å². The molecule has 2 aromatic carbocycles. The molecule has 0 aromatic heterocycles. The number of para-hydroxylation sites is 1. The first-order valence-electron chi connectivity index (χ1n) is 5.05. The number of hydrogen-bond acceptors (Lipinski definition) is 2. The zero-order valence-corrected chi connectivity index (χ0v) is 9.36. The molecule has 2 heteroatoms. The van der Waals surface area contributed by atoms with E-state index in [0.29, 0.717) is 0 Å². The minimum atomic E-state index is 0.798. The van der Waals surface area contributed by atoms with Gasteiger partial charge in [-0.2, -0.15) is 0 Å². The standard InChI is InChI=1S/C14H13O2/c1-15-13-9-5-3-7-11(13)12-8-4-6-10-14(12)16-2/h3-7,9-10H,1-2H3. The van der Waals surface area contributed by atoms with Crippen LogP contribution in [0.2, 0.25) is 0 Å². The van der Waals surface area contributed by atoms with Crippen LogP contribution in [0.4, 0.5) is 0 Å². The lowest BCUT2D eigenvalue weighted by atomic mass is 10.0. The third-order valence-corrected chi connectivity index (χ3v) is 2.41. The van der Waals surface area contributed by atoms with Crippen molar-refractivity contribution >= 4 is 0 Å². The zero-order valence-electron chi connectivity index (χ0n) is 9.36. The Morgan fingerprint density at radius 1 is 0.875 bits per heavy atom. The number of rotatable bonds is 3. The Kier molecular flexibility index (Phi) is 3.10. The minimum Gasteiger partial charge on any atom is -0.496 e. The summed E-state index contributed by atoms with van der Waals surface area (Å²) in [5.74, 6) is 1.62. The van der Waals surface area contributed by atoms with E-state index in [0.717, 1.165) is 22.6 Å². The molecule has 81 valence electrons. The van der Waals surface area contributed by atoms with Gasteiger partial charge in [0.25, 0.3) is 0 Å². The second-order valence-electron chi connectivity index (χ2n) is 3.31. The Morgan fingerprint density at radius 3 is 2.31 bits per heavy atom. The van der Waals surface area contributed by atoms with E-state index in [1.165, 1.54) is 0 Å². The summed E-state index contributed by atoms with van der Waals surface area (Å²) in [6.07, 6.45) is 0. The molecule has 0 N–H and O–H groups in total. The van der Waals surface area contributed by atoms with E-state index in [1.54, 1.807) is 14.2 Å². The van der Waals surface area contributed by atoms with E-state index in [9.17, 15) is 0 Å². The third-order valence-electron chi connectivity index (χ3n) is 2.41. The van der Waals surface area contributed by atoms with Crippen LogP contribution in [0.15, 0.2) is 42.5 Å². The number of benzene rings is 2. The average Bonchev–Trinajstić information content (AvgIpc) is 2.38. The molecule has 0 unspecified atom stereocenters. The predicted octanol–water partition coefficient (Wildman–Crippen LogP) is 3.17. The van der Waals surface area contributed by atoms with Gasteiger partial charge in [-0.15, -0.1) is 0 Å². The van der Waals surface area contributed by atoms with Crippen molar-refractivity contribution in [3.8, 4) is 22.6 Å². The van der Waals surface area contributed by atoms with Crippen LogP contribution in [-0.2, 0) is 0 Å². The maximum atomic E-state index is 5.32. The highest BCUT2D eigenvalue weighted by atomic mass is 16.5. The van der Waals surface area contributed by atoms with Crippen LogP contribution in [0.25, 0.3) is 11.1 Å². The molecule has 2 aromatic rings. The molecule has 0 aliphatic heterocycles. The summed E-state index contributed by atoms with van der Waals surface area (Å²) in [5.41, 5.74) is 1.91. The van der Waals surface area contributed by atoms with Gasteiger partial charge in [0, 0.05) is 11.1 Å². The Labute approximate surface area is 95.4 Å². The molecule has 0 aliphatic rings. The van der Waals surface area contributed by atoms with Gasteiger partial charge in [0.1, 0.15) is 11.5 Å². The van der Waals surface area contributed by atoms with Gasteiger partial charge in [-0.1, -0.05) is 30.3 Å². The molecule has 0 heterocycles. The molecule has 0 spiro atoms. The first-order chi connectivity index (χ1) is 7.86. The fraction of sp³-hybridized carbons (Fsp3) is 0.143. The van der Waals surface area contributed by atoms with Crippen LogP contribution >= 0.6 is 0 Å². The van der Waals surface area contributed by atoms with Gasteiger partial charge in [-0.3, -0.25) is 0 Å². The first-order valence-corrected chi connectivity index (χ1v) is 5.05. The highest BCUT2D eigenvalue weighted by Crippen LogP contribution is 2.35. The van der Waals surface area contributed by atoms with Crippen molar-refractivity contribution in [3.63, 3.8) is 0 Å². The molecule has 0 aliphatic carbocycles. The van der Waals surface area contributed by atoms with Crippen molar-refractivity contribution < 1.29 is 9.47 Å². The Morgan fingerprint density at radius 2 is 1.56 bits per heavy atom. The smallest absolute Gasteiger partial charge is 0.127 e. The van der Waals surface area contributed by atoms with E-state index >= 15 is 0 Å². The summed E-state index contributed by atoms with van der Waals surface area (Å²) < 4.78 is 10.6. The van der Waals surface area contributed by atoms with E-state index in [-0.39, 0.29) is 0 Å². The average molecular weight is 213 g/mol. The molecule has 1 radical (unpaired) electrons. The van der Waals surface area contributed by atoms with E-state index in [1.807, 2.05) is 42.5 Å². The Balaban J connectivity index is 2.58. The van der Waals surface area contributed by atoms with Crippen molar-refractivity contribution in [1.29, 1.82) is 0 Å². The Bertz CT molecular complexity index is 432. The van der Waals surface area contributed by atoms with E-state index in [4.69, 9.17) is 9.47 Å². The molecule has 0 saturated heterocycles. The quantitative estimate of drug-likeness (QED) is 0.779. The molecular formula is C14H13O2. The molecule has 0 amide bonds. The maximum Gasteiger partial charge on any atom is 0.127 e. The highest BCUT2D eigenvalue weighted by Gasteiger charge is 2.09. The molecular weight excluding hydrogens is 200 g/mol. The fourth-order valence-corrected chi connectivity index (χ4v) is 1.65. The van der Waals surface area contributed by atoms with Crippen molar-refractivity contribution in [2.45, 2.75) is 0 Å². The second-order valence-corrected chi connectivity index (χ2v) is 3.31. The summed E-state index contributed by atoms with van der Waals surface area (Å²) in [6.45, 7) is 0. The van der Waals surface area contributed by atoms with E-state index < -0.39 is 0 Å². The molecule has 16 heavy (non-hydrogen) atoms. The van der Waals surface area contributed by atoms with Gasteiger partial charge >= 0.3 is 0 Å². The van der Waals surface area contributed by atoms with Crippen molar-refractivity contribution in [2.75, 3.05) is 14.2 Å². The lowest BCUT2D eigenvalue weighted by molar-refractivity contribution is 0.410. The lowest BCUT2D eigenvalue weighted by Crippen LogP contribution is -1.91. The number of hydrogen-bond donors (Lipinski definition) is 0. The Hall–Kier alpha value is -1.96. The van der Waals surface area contributed by atoms with Crippen LogP contribution in [0.5, 0.6) is 11.5 Å². The monoisotopic (exact) mass is 213 g/mol. The summed E-state index contributed by atoms with van der Waals surface area (Å²) in [6, 6.07) is 16.7. The van der Waals surface area contributed by atoms with Gasteiger partial charge < -0.3 is 9.47 Å². The summed E-state index contributed by atoms with van der Waals surface area (Å²) >= 11 is 0. The van der Waals surface area contributed by atoms with Crippen molar-refractivity contribution in [1.82, 2.24) is 0 Å². The maximum absolute atomic E-state index is 5.32. The first kappa shape index (κ1) is 10.6. The molecule has 0 atom stereocenters. The van der Waals surface area contributed by atoms with Gasteiger partial charge in [-0.25, -0.2) is 0 Å². The topological polar surface area (TPSA) is 18.5 Å². The molecule has 0 fully saturated rings. The summed E-state index contributed by atoms with van der Waals surface area (Å²) in [5, 5.41) is 0. The lowest BCUT2D eigenvalue weighted by Gasteiger charge is -2.11. The van der Waals surface area contributed by atoms with Crippen molar-refractivity contribution in [2.24, 2.45) is 0 Å². The molecule has 0 saturated carbocycles. The number of methoxy groups -OCH3 is 2. The predicted molar refractivity (Wildman–Crippen MR) is 63.8 cm³/mol. The highest BCUT2D eigenvalue weighted by molar-refractivity contribution is 5.75. The fourth-order valence-electron chi connectivity index (χ4n) is 1.65. The molecule has 0 bridgehead atoms. The van der Waals surface area contributed by atoms with Crippen LogP contribution in [0.1, 0.15) is 0 Å². The SMILES string of the molecule is COc1ccc[c]c1-c1ccccc1OC. The molecule has 2 nitrogen and oxygen atoms in total. The number of ether oxygens (including phenoxy) is 2. The summed E-state index contributed by atoms with van der Waals surface area (Å²) in [4.78, 5) is 0. The van der Waals surface area contributed by atoms with E-state index in [2.05, 4.69) is 6.07 Å². The largest absolute Gasteiger partial charge is 0.496 e. The minimum absolute atomic E-state index is 0.798. The van der Waals surface area contributed by atoms with Gasteiger partial charge in [0.05, 0.1) is 14.2 Å². The van der Waals surface area contributed by atoms with Gasteiger partial charge in [0.15, 0.2) is 0 Å². The summed E-state index contributed by atoms with van der Waals surface area (Å²) in [7, 11) is 3.32. The van der Waals surface area contributed by atoms with Crippen LogP contribution in [0, 0.1) is 6.07 Å². The van der Waals surface area contributed by atoms with Gasteiger partial charge in [-0.05, 0) is 18.2 Å². The normalized spacial score (nSPS) is 9.88. The van der Waals surface area contributed by atoms with Gasteiger partial charge in [0.2, 0.25) is 0 Å².